The second kappa shape index (κ2) is 7.50. The van der Waals surface area contributed by atoms with Crippen molar-refractivity contribution >= 4 is 23.2 Å². The van der Waals surface area contributed by atoms with Gasteiger partial charge in [-0.2, -0.15) is 0 Å². The molecule has 0 radical (unpaired) electrons. The molecule has 4 nitrogen and oxygen atoms in total. The highest BCUT2D eigenvalue weighted by atomic mass is 19.1. The van der Waals surface area contributed by atoms with E-state index < -0.39 is 23.4 Å². The summed E-state index contributed by atoms with van der Waals surface area (Å²) in [6, 6.07) is 7.94. The molecule has 0 saturated heterocycles. The zero-order valence-electron chi connectivity index (χ0n) is 13.2. The Morgan fingerprint density at radius 3 is 1.50 bits per heavy atom. The molecule has 6 heteroatoms. The van der Waals surface area contributed by atoms with E-state index in [9.17, 15) is 18.4 Å². The topological polar surface area (TPSA) is 58.2 Å². The Kier molecular flexibility index (Phi) is 5.42. The molecule has 0 fully saturated rings. The fourth-order valence-electron chi connectivity index (χ4n) is 2.03. The Bertz CT molecular complexity index is 749. The Morgan fingerprint density at radius 1 is 0.792 bits per heavy atom. The van der Waals surface area contributed by atoms with Gasteiger partial charge in [0.15, 0.2) is 0 Å². The van der Waals surface area contributed by atoms with Gasteiger partial charge in [-0.05, 0) is 61.4 Å². The second-order valence-electron chi connectivity index (χ2n) is 5.23. The maximum absolute atomic E-state index is 13.0. The molecule has 2 amide bonds. The highest BCUT2D eigenvalue weighted by Crippen LogP contribution is 2.16. The van der Waals surface area contributed by atoms with Crippen LogP contribution in [0.15, 0.2) is 48.6 Å². The minimum atomic E-state index is -0.518. The highest BCUT2D eigenvalue weighted by molar-refractivity contribution is 6.07. The molecule has 2 aromatic rings. The molecule has 2 aromatic carbocycles. The minimum Gasteiger partial charge on any atom is -0.322 e. The fraction of sp³-hybridized carbons (Fsp3) is 0.111. The number of aryl methyl sites for hydroxylation is 2. The van der Waals surface area contributed by atoms with Crippen molar-refractivity contribution in [3.63, 3.8) is 0 Å². The Labute approximate surface area is 138 Å². The van der Waals surface area contributed by atoms with Gasteiger partial charge in [-0.3, -0.25) is 9.59 Å². The number of rotatable bonds is 4. The summed E-state index contributed by atoms with van der Waals surface area (Å²) < 4.78 is 26.0. The predicted octanol–water partition coefficient (Wildman–Crippen LogP) is 3.72. The van der Waals surface area contributed by atoms with E-state index in [0.717, 1.165) is 12.2 Å². The van der Waals surface area contributed by atoms with Crippen molar-refractivity contribution in [2.75, 3.05) is 10.6 Å². The average molecular weight is 330 g/mol. The number of carbonyl (C=O) groups is 2. The Balaban J connectivity index is 1.96. The highest BCUT2D eigenvalue weighted by Gasteiger charge is 2.05. The van der Waals surface area contributed by atoms with E-state index in [1.807, 2.05) is 0 Å². The van der Waals surface area contributed by atoms with Crippen molar-refractivity contribution in [2.45, 2.75) is 13.8 Å². The largest absolute Gasteiger partial charge is 0.322 e. The van der Waals surface area contributed by atoms with Gasteiger partial charge >= 0.3 is 0 Å². The lowest BCUT2D eigenvalue weighted by Crippen LogP contribution is -2.13. The van der Waals surface area contributed by atoms with Crippen LogP contribution in [0.3, 0.4) is 0 Å². The van der Waals surface area contributed by atoms with Crippen molar-refractivity contribution in [3.8, 4) is 0 Å². The van der Waals surface area contributed by atoms with Gasteiger partial charge in [0.05, 0.1) is 0 Å². The first-order valence-electron chi connectivity index (χ1n) is 7.17. The van der Waals surface area contributed by atoms with Crippen LogP contribution in [0.4, 0.5) is 20.2 Å². The van der Waals surface area contributed by atoms with Gasteiger partial charge in [-0.25, -0.2) is 8.78 Å². The SMILES string of the molecule is Cc1cc(F)ccc1NC(=O)C=CC(=O)Nc1ccc(F)cc1C. The van der Waals surface area contributed by atoms with E-state index in [1.54, 1.807) is 13.8 Å². The third kappa shape index (κ3) is 4.74. The van der Waals surface area contributed by atoms with Crippen LogP contribution in [0, 0.1) is 25.5 Å². The van der Waals surface area contributed by atoms with Crippen molar-refractivity contribution < 1.29 is 18.4 Å². The molecule has 0 aliphatic heterocycles. The second-order valence-corrected chi connectivity index (χ2v) is 5.23. The summed E-state index contributed by atoms with van der Waals surface area (Å²) in [5.74, 6) is -1.82. The molecule has 0 aliphatic carbocycles. The Morgan fingerprint density at radius 2 is 1.17 bits per heavy atom. The van der Waals surface area contributed by atoms with Gasteiger partial charge in [-0.1, -0.05) is 0 Å². The number of anilines is 2. The molecule has 0 aliphatic rings. The zero-order valence-corrected chi connectivity index (χ0v) is 13.2. The minimum absolute atomic E-state index is 0.393. The quantitative estimate of drug-likeness (QED) is 0.840. The van der Waals surface area contributed by atoms with E-state index in [4.69, 9.17) is 0 Å². The van der Waals surface area contributed by atoms with E-state index in [-0.39, 0.29) is 0 Å². The van der Waals surface area contributed by atoms with Crippen LogP contribution >= 0.6 is 0 Å². The maximum atomic E-state index is 13.0. The summed E-state index contributed by atoms with van der Waals surface area (Å²) in [6.45, 7) is 3.32. The first kappa shape index (κ1) is 17.3. The summed E-state index contributed by atoms with van der Waals surface area (Å²) >= 11 is 0. The first-order chi connectivity index (χ1) is 11.3. The third-order valence-corrected chi connectivity index (χ3v) is 3.28. The number of carbonyl (C=O) groups excluding carboxylic acids is 2. The summed E-state index contributed by atoms with van der Waals surface area (Å²) in [7, 11) is 0. The van der Waals surface area contributed by atoms with Gasteiger partial charge in [0.25, 0.3) is 0 Å². The van der Waals surface area contributed by atoms with Crippen LogP contribution in [0.25, 0.3) is 0 Å². The van der Waals surface area contributed by atoms with Gasteiger partial charge in [0, 0.05) is 23.5 Å². The lowest BCUT2D eigenvalue weighted by molar-refractivity contribution is -0.114. The average Bonchev–Trinajstić information content (AvgIpc) is 2.51. The predicted molar refractivity (Wildman–Crippen MR) is 88.7 cm³/mol. The van der Waals surface area contributed by atoms with Crippen molar-refractivity contribution in [1.29, 1.82) is 0 Å². The van der Waals surface area contributed by atoms with E-state index in [0.29, 0.717) is 22.5 Å². The monoisotopic (exact) mass is 330 g/mol. The number of halogens is 2. The lowest BCUT2D eigenvalue weighted by Gasteiger charge is -2.07. The van der Waals surface area contributed by atoms with Crippen molar-refractivity contribution in [3.05, 3.63) is 71.3 Å². The zero-order chi connectivity index (χ0) is 17.7. The smallest absolute Gasteiger partial charge is 0.248 e. The summed E-state index contributed by atoms with van der Waals surface area (Å²) in [5, 5.41) is 5.11. The molecule has 124 valence electrons. The maximum Gasteiger partial charge on any atom is 0.248 e. The molecule has 0 bridgehead atoms. The molecule has 0 aromatic heterocycles. The molecule has 2 rings (SSSR count). The fourth-order valence-corrected chi connectivity index (χ4v) is 2.03. The van der Waals surface area contributed by atoms with Gasteiger partial charge in [0.2, 0.25) is 11.8 Å². The summed E-state index contributed by atoms with van der Waals surface area (Å²) in [6.07, 6.45) is 2.13. The molecule has 24 heavy (non-hydrogen) atoms. The number of nitrogens with one attached hydrogen (secondary N) is 2. The van der Waals surface area contributed by atoms with Gasteiger partial charge in [0.1, 0.15) is 11.6 Å². The van der Waals surface area contributed by atoms with E-state index >= 15 is 0 Å². The number of benzene rings is 2. The molecule has 0 saturated carbocycles. The van der Waals surface area contributed by atoms with Crippen LogP contribution < -0.4 is 10.6 Å². The van der Waals surface area contributed by atoms with Crippen LogP contribution in [-0.2, 0) is 9.59 Å². The first-order valence-corrected chi connectivity index (χ1v) is 7.17. The molecule has 2 N–H and O–H groups in total. The van der Waals surface area contributed by atoms with E-state index in [1.165, 1.54) is 36.4 Å². The van der Waals surface area contributed by atoms with Crippen molar-refractivity contribution in [1.82, 2.24) is 0 Å². The number of hydrogen-bond donors (Lipinski definition) is 2. The van der Waals surface area contributed by atoms with Gasteiger partial charge in [-0.15, -0.1) is 0 Å². The van der Waals surface area contributed by atoms with Crippen LogP contribution in [-0.4, -0.2) is 11.8 Å². The summed E-state index contributed by atoms with van der Waals surface area (Å²) in [5.41, 5.74) is 2.06. The number of amides is 2. The molecule has 0 unspecified atom stereocenters. The summed E-state index contributed by atoms with van der Waals surface area (Å²) in [4.78, 5) is 23.6. The Hall–Kier alpha value is -3.02. The molecule has 0 atom stereocenters. The lowest BCUT2D eigenvalue weighted by atomic mass is 10.2. The normalized spacial score (nSPS) is 10.7. The third-order valence-electron chi connectivity index (χ3n) is 3.28. The standard InChI is InChI=1S/C18H16F2N2O2/c1-11-9-13(19)3-5-15(11)21-17(23)7-8-18(24)22-16-6-4-14(20)10-12(16)2/h3-10H,1-2H3,(H,21,23)(H,22,24). The van der Waals surface area contributed by atoms with E-state index in [2.05, 4.69) is 10.6 Å². The molecule has 0 heterocycles. The molecular formula is C18H16F2N2O2. The van der Waals surface area contributed by atoms with Crippen molar-refractivity contribution in [2.24, 2.45) is 0 Å². The van der Waals surface area contributed by atoms with Crippen LogP contribution in [0.1, 0.15) is 11.1 Å². The number of hydrogen-bond acceptors (Lipinski definition) is 2. The van der Waals surface area contributed by atoms with Crippen LogP contribution in [0.5, 0.6) is 0 Å². The molecule has 0 spiro atoms. The molecular weight excluding hydrogens is 314 g/mol. The van der Waals surface area contributed by atoms with Crippen LogP contribution in [0.2, 0.25) is 0 Å². The van der Waals surface area contributed by atoms with Gasteiger partial charge < -0.3 is 10.6 Å².